The fraction of sp³-hybridized carbons (Fsp3) is 0.171. The van der Waals surface area contributed by atoms with Crippen LogP contribution in [0.5, 0.6) is 5.75 Å². The average molecular weight is 575 g/mol. The van der Waals surface area contributed by atoms with E-state index in [0.717, 1.165) is 16.8 Å². The minimum absolute atomic E-state index is 0.251. The second-order valence-electron chi connectivity index (χ2n) is 11.0. The van der Waals surface area contributed by atoms with E-state index >= 15 is 0 Å². The molecule has 3 aliphatic heterocycles. The lowest BCUT2D eigenvalue weighted by Crippen LogP contribution is -2.51. The Kier molecular flexibility index (Phi) is 6.06. The molecule has 1 fully saturated rings. The van der Waals surface area contributed by atoms with Crippen LogP contribution in [0.15, 0.2) is 97.1 Å². The number of carbonyl (C=O) groups excluding carboxylic acids is 3. The van der Waals surface area contributed by atoms with Crippen LogP contribution in [0, 0.1) is 12.8 Å². The van der Waals surface area contributed by atoms with Crippen molar-refractivity contribution in [3.8, 4) is 5.75 Å². The Morgan fingerprint density at radius 1 is 0.905 bits per heavy atom. The van der Waals surface area contributed by atoms with Crippen LogP contribution >= 0.6 is 11.6 Å². The van der Waals surface area contributed by atoms with E-state index in [1.54, 1.807) is 55.6 Å². The summed E-state index contributed by atoms with van der Waals surface area (Å²) in [6, 6.07) is 25.5. The highest BCUT2D eigenvalue weighted by atomic mass is 35.5. The number of Topliss-reactive ketones (excluding diaryl/α,β-unsaturated/α-hetero) is 2. The van der Waals surface area contributed by atoms with E-state index in [9.17, 15) is 14.4 Å². The van der Waals surface area contributed by atoms with Crippen LogP contribution in [0.1, 0.15) is 37.4 Å². The van der Waals surface area contributed by atoms with Gasteiger partial charge in [0.25, 0.3) is 0 Å². The first-order valence-electron chi connectivity index (χ1n) is 13.8. The maximum absolute atomic E-state index is 14.8. The van der Waals surface area contributed by atoms with Gasteiger partial charge < -0.3 is 15.0 Å². The Morgan fingerprint density at radius 3 is 2.33 bits per heavy atom. The summed E-state index contributed by atoms with van der Waals surface area (Å²) in [6.07, 6.45) is 3.98. The highest BCUT2D eigenvalue weighted by molar-refractivity contribution is 6.30. The van der Waals surface area contributed by atoms with Gasteiger partial charge in [-0.3, -0.25) is 14.4 Å². The van der Waals surface area contributed by atoms with E-state index in [2.05, 4.69) is 11.4 Å². The zero-order chi connectivity index (χ0) is 29.2. The van der Waals surface area contributed by atoms with Crippen molar-refractivity contribution in [3.05, 3.63) is 130 Å². The van der Waals surface area contributed by atoms with Crippen molar-refractivity contribution in [1.29, 1.82) is 0 Å². The molecule has 7 heteroatoms. The molecule has 1 saturated heterocycles. The molecule has 4 aromatic rings. The van der Waals surface area contributed by atoms with Gasteiger partial charge in [-0.25, -0.2) is 0 Å². The zero-order valence-corrected chi connectivity index (χ0v) is 23.8. The van der Waals surface area contributed by atoms with Crippen molar-refractivity contribution in [2.45, 2.75) is 24.4 Å². The van der Waals surface area contributed by atoms with Crippen LogP contribution in [0.4, 0.5) is 11.4 Å². The molecule has 0 saturated carbocycles. The number of amides is 1. The van der Waals surface area contributed by atoms with Gasteiger partial charge in [-0.15, -0.1) is 0 Å². The number of nitrogens with one attached hydrogen (secondary N) is 1. The van der Waals surface area contributed by atoms with E-state index in [1.807, 2.05) is 60.4 Å². The molecule has 0 bridgehead atoms. The van der Waals surface area contributed by atoms with Gasteiger partial charge in [0.1, 0.15) is 17.2 Å². The molecule has 0 unspecified atom stereocenters. The molecule has 7 rings (SSSR count). The lowest BCUT2D eigenvalue weighted by Gasteiger charge is -2.37. The molecule has 1 N–H and O–H groups in total. The Balaban J connectivity index is 1.52. The molecule has 3 heterocycles. The first-order valence-corrected chi connectivity index (χ1v) is 14.2. The predicted molar refractivity (Wildman–Crippen MR) is 164 cm³/mol. The lowest BCUT2D eigenvalue weighted by molar-refractivity contribution is -0.121. The van der Waals surface area contributed by atoms with Gasteiger partial charge >= 0.3 is 0 Å². The van der Waals surface area contributed by atoms with E-state index in [4.69, 9.17) is 16.3 Å². The number of carbonyl (C=O) groups is 3. The number of ether oxygens (including phenoxy) is 1. The third kappa shape index (κ3) is 3.68. The molecular weight excluding hydrogens is 548 g/mol. The average Bonchev–Trinajstić information content (AvgIpc) is 3.49. The smallest absolute Gasteiger partial charge is 0.238 e. The van der Waals surface area contributed by atoms with E-state index in [-0.39, 0.29) is 17.5 Å². The minimum atomic E-state index is -1.36. The van der Waals surface area contributed by atoms with Crippen LogP contribution in [0.2, 0.25) is 5.02 Å². The lowest BCUT2D eigenvalue weighted by atomic mass is 9.64. The summed E-state index contributed by atoms with van der Waals surface area (Å²) in [4.78, 5) is 45.9. The van der Waals surface area contributed by atoms with Crippen molar-refractivity contribution in [3.63, 3.8) is 0 Å². The number of benzene rings is 4. The quantitative estimate of drug-likeness (QED) is 0.275. The Morgan fingerprint density at radius 2 is 1.60 bits per heavy atom. The summed E-state index contributed by atoms with van der Waals surface area (Å²) < 4.78 is 5.33. The largest absolute Gasteiger partial charge is 0.497 e. The molecule has 1 amide bonds. The number of methoxy groups -OCH3 is 1. The maximum atomic E-state index is 14.8. The number of aryl methyl sites for hydroxylation is 1. The molecule has 42 heavy (non-hydrogen) atoms. The number of para-hydroxylation sites is 1. The van der Waals surface area contributed by atoms with E-state index in [1.165, 1.54) is 0 Å². The van der Waals surface area contributed by atoms with Gasteiger partial charge in [-0.2, -0.15) is 0 Å². The highest BCUT2D eigenvalue weighted by Gasteiger charge is 2.70. The van der Waals surface area contributed by atoms with Gasteiger partial charge in [-0.1, -0.05) is 53.6 Å². The number of anilines is 2. The fourth-order valence-electron chi connectivity index (χ4n) is 7.02. The molecule has 4 aromatic carbocycles. The number of hydrogen-bond donors (Lipinski definition) is 1. The van der Waals surface area contributed by atoms with Crippen LogP contribution in [0.25, 0.3) is 6.08 Å². The van der Waals surface area contributed by atoms with Crippen molar-refractivity contribution < 1.29 is 19.1 Å². The Labute approximate surface area is 248 Å². The second kappa shape index (κ2) is 9.71. The van der Waals surface area contributed by atoms with Crippen molar-refractivity contribution in [1.82, 2.24) is 0 Å². The normalized spacial score (nSPS) is 23.3. The molecule has 0 aromatic heterocycles. The molecule has 1 spiro atoms. The molecule has 0 radical (unpaired) electrons. The van der Waals surface area contributed by atoms with Gasteiger partial charge in [0.2, 0.25) is 5.91 Å². The Bertz CT molecular complexity index is 1800. The van der Waals surface area contributed by atoms with Crippen molar-refractivity contribution in [2.75, 3.05) is 17.3 Å². The molecule has 6 nitrogen and oxygen atoms in total. The first-order chi connectivity index (χ1) is 20.3. The third-order valence-corrected chi connectivity index (χ3v) is 9.09. The molecule has 0 aliphatic carbocycles. The summed E-state index contributed by atoms with van der Waals surface area (Å²) in [7, 11) is 1.56. The van der Waals surface area contributed by atoms with Crippen molar-refractivity contribution >= 4 is 46.5 Å². The number of ketones is 2. The topological polar surface area (TPSA) is 75.7 Å². The SMILES string of the molecule is COc1ccc(C(=O)[C@@H]2[C@H](C(=O)c3ccc(Cl)cc3)N3c4ccc(C)cc4C=C[C@@H]3[C@]23C(=O)Nc2ccccc23)cc1. The summed E-state index contributed by atoms with van der Waals surface area (Å²) in [5, 5.41) is 3.56. The predicted octanol–water partition coefficient (Wildman–Crippen LogP) is 6.51. The van der Waals surface area contributed by atoms with Gasteiger partial charge in [0.05, 0.1) is 19.1 Å². The summed E-state index contributed by atoms with van der Waals surface area (Å²) in [5.41, 5.74) is 3.63. The van der Waals surface area contributed by atoms with E-state index < -0.39 is 23.4 Å². The van der Waals surface area contributed by atoms with Gasteiger partial charge in [0, 0.05) is 27.5 Å². The minimum Gasteiger partial charge on any atom is -0.497 e. The number of hydrogen-bond acceptors (Lipinski definition) is 5. The standard InChI is InChI=1S/C35H27ClN2O4/c1-20-7-17-28-23(19-20)12-18-29-35(26-5-3-4-6-27(26)37-34(35)41)30(32(39)21-10-15-25(42-2)16-11-21)31(38(28)29)33(40)22-8-13-24(36)14-9-22/h3-19,29-31H,1-2H3,(H,37,41)/t29-,30+,31-,35+/m1/s1. The highest BCUT2D eigenvalue weighted by Crippen LogP contribution is 2.58. The molecular formula is C35H27ClN2O4. The molecule has 4 atom stereocenters. The van der Waals surface area contributed by atoms with Gasteiger partial charge in [0.15, 0.2) is 11.6 Å². The van der Waals surface area contributed by atoms with Crippen LogP contribution < -0.4 is 15.0 Å². The number of fused-ring (bicyclic) bond motifs is 6. The van der Waals surface area contributed by atoms with E-state index in [0.29, 0.717) is 33.1 Å². The summed E-state index contributed by atoms with van der Waals surface area (Å²) >= 11 is 6.18. The monoisotopic (exact) mass is 574 g/mol. The Hall–Kier alpha value is -4.68. The van der Waals surface area contributed by atoms with Crippen LogP contribution in [-0.4, -0.2) is 36.7 Å². The molecule has 3 aliphatic rings. The second-order valence-corrected chi connectivity index (χ2v) is 11.5. The van der Waals surface area contributed by atoms with Crippen LogP contribution in [-0.2, 0) is 10.2 Å². The fourth-order valence-corrected chi connectivity index (χ4v) is 7.14. The molecule has 208 valence electrons. The number of halogens is 1. The maximum Gasteiger partial charge on any atom is 0.238 e. The zero-order valence-electron chi connectivity index (χ0n) is 23.0. The first kappa shape index (κ1) is 26.2. The number of nitrogens with zero attached hydrogens (tertiary/aromatic N) is 1. The van der Waals surface area contributed by atoms with Crippen LogP contribution in [0.3, 0.4) is 0 Å². The van der Waals surface area contributed by atoms with Crippen molar-refractivity contribution in [2.24, 2.45) is 5.92 Å². The summed E-state index contributed by atoms with van der Waals surface area (Å²) in [6.45, 7) is 2.01. The number of rotatable bonds is 5. The third-order valence-electron chi connectivity index (χ3n) is 8.84. The summed E-state index contributed by atoms with van der Waals surface area (Å²) in [5.74, 6) is -1.26. The van der Waals surface area contributed by atoms with Gasteiger partial charge in [-0.05, 0) is 84.8 Å².